The molecule has 8 nitrogen and oxygen atoms in total. The lowest BCUT2D eigenvalue weighted by atomic mass is 9.99. The van der Waals surface area contributed by atoms with Crippen LogP contribution in [0.2, 0.25) is 0 Å². The SMILES string of the molecule is CC(C)(C)N(CC(=O)N1CCn2cccc2C1c1ccc([N+](=O)[O-])cc1)C(=O)C1CC1. The number of aromatic nitrogens is 1. The predicted octanol–water partition coefficient (Wildman–Crippen LogP) is 3.37. The Kier molecular flexibility index (Phi) is 5.33. The largest absolute Gasteiger partial charge is 0.348 e. The molecule has 1 saturated carbocycles. The van der Waals surface area contributed by atoms with E-state index in [1.807, 2.05) is 39.1 Å². The molecule has 1 atom stereocenters. The molecule has 4 rings (SSSR count). The van der Waals surface area contributed by atoms with Crippen molar-refractivity contribution in [3.05, 3.63) is 64.0 Å². The molecule has 2 aliphatic rings. The van der Waals surface area contributed by atoms with Crippen molar-refractivity contribution < 1.29 is 14.5 Å². The Morgan fingerprint density at radius 1 is 1.13 bits per heavy atom. The zero-order valence-corrected chi connectivity index (χ0v) is 18.2. The molecule has 31 heavy (non-hydrogen) atoms. The van der Waals surface area contributed by atoms with E-state index in [1.54, 1.807) is 21.9 Å². The van der Waals surface area contributed by atoms with E-state index in [1.165, 1.54) is 12.1 Å². The van der Waals surface area contributed by atoms with Crippen LogP contribution >= 0.6 is 0 Å². The number of rotatable bonds is 5. The summed E-state index contributed by atoms with van der Waals surface area (Å²) in [5.41, 5.74) is 1.34. The van der Waals surface area contributed by atoms with Crippen LogP contribution in [0.1, 0.15) is 50.9 Å². The number of benzene rings is 1. The second kappa shape index (κ2) is 7.83. The molecular weight excluding hydrogens is 396 g/mol. The minimum absolute atomic E-state index is 0.0155. The molecule has 2 amide bonds. The van der Waals surface area contributed by atoms with Gasteiger partial charge in [-0.2, -0.15) is 0 Å². The molecule has 1 aromatic carbocycles. The van der Waals surface area contributed by atoms with E-state index in [0.717, 1.165) is 24.1 Å². The molecule has 1 fully saturated rings. The quantitative estimate of drug-likeness (QED) is 0.544. The van der Waals surface area contributed by atoms with E-state index >= 15 is 0 Å². The van der Waals surface area contributed by atoms with E-state index in [4.69, 9.17) is 0 Å². The maximum atomic E-state index is 13.5. The number of nitrogens with zero attached hydrogens (tertiary/aromatic N) is 4. The van der Waals surface area contributed by atoms with Gasteiger partial charge >= 0.3 is 0 Å². The minimum Gasteiger partial charge on any atom is -0.348 e. The molecule has 1 unspecified atom stereocenters. The lowest BCUT2D eigenvalue weighted by Crippen LogP contribution is -2.53. The maximum absolute atomic E-state index is 13.5. The first kappa shape index (κ1) is 21.1. The summed E-state index contributed by atoms with van der Waals surface area (Å²) >= 11 is 0. The summed E-state index contributed by atoms with van der Waals surface area (Å²) in [7, 11) is 0. The average Bonchev–Trinajstić information content (AvgIpc) is 3.47. The molecule has 8 heteroatoms. The zero-order chi connectivity index (χ0) is 22.3. The van der Waals surface area contributed by atoms with Crippen molar-refractivity contribution in [1.82, 2.24) is 14.4 Å². The van der Waals surface area contributed by atoms with Gasteiger partial charge in [-0.15, -0.1) is 0 Å². The van der Waals surface area contributed by atoms with Crippen LogP contribution in [0, 0.1) is 16.0 Å². The molecule has 1 aliphatic carbocycles. The van der Waals surface area contributed by atoms with Crippen molar-refractivity contribution in [1.29, 1.82) is 0 Å². The van der Waals surface area contributed by atoms with Crippen molar-refractivity contribution >= 4 is 17.5 Å². The Morgan fingerprint density at radius 2 is 1.81 bits per heavy atom. The minimum atomic E-state index is -0.450. The summed E-state index contributed by atoms with van der Waals surface area (Å²) in [5, 5.41) is 11.1. The van der Waals surface area contributed by atoms with Gasteiger partial charge in [-0.1, -0.05) is 0 Å². The summed E-state index contributed by atoms with van der Waals surface area (Å²) in [4.78, 5) is 40.5. The van der Waals surface area contributed by atoms with Crippen LogP contribution < -0.4 is 0 Å². The molecule has 0 spiro atoms. The topological polar surface area (TPSA) is 88.7 Å². The molecule has 1 aromatic heterocycles. The van der Waals surface area contributed by atoms with Crippen LogP contribution in [-0.4, -0.2) is 49.7 Å². The van der Waals surface area contributed by atoms with Crippen molar-refractivity contribution in [3.8, 4) is 0 Å². The lowest BCUT2D eigenvalue weighted by molar-refractivity contribution is -0.384. The fourth-order valence-corrected chi connectivity index (χ4v) is 4.20. The number of carbonyl (C=O) groups is 2. The van der Waals surface area contributed by atoms with Crippen molar-refractivity contribution in [3.63, 3.8) is 0 Å². The molecule has 0 saturated heterocycles. The van der Waals surface area contributed by atoms with Gasteiger partial charge in [0.2, 0.25) is 11.8 Å². The molecule has 2 heterocycles. The molecular formula is C23H28N4O4. The maximum Gasteiger partial charge on any atom is 0.269 e. The average molecular weight is 425 g/mol. The summed E-state index contributed by atoms with van der Waals surface area (Å²) < 4.78 is 2.10. The van der Waals surface area contributed by atoms with Crippen LogP contribution in [0.3, 0.4) is 0 Å². The van der Waals surface area contributed by atoms with Crippen molar-refractivity contribution in [2.45, 2.75) is 51.7 Å². The van der Waals surface area contributed by atoms with Gasteiger partial charge in [0.15, 0.2) is 0 Å². The summed E-state index contributed by atoms with van der Waals surface area (Å²) in [6, 6.07) is 9.93. The first-order chi connectivity index (χ1) is 14.7. The molecule has 0 N–H and O–H groups in total. The van der Waals surface area contributed by atoms with Gasteiger partial charge in [-0.25, -0.2) is 0 Å². The molecule has 0 bridgehead atoms. The lowest BCUT2D eigenvalue weighted by Gasteiger charge is -2.41. The molecule has 164 valence electrons. The van der Waals surface area contributed by atoms with Gasteiger partial charge in [0.25, 0.3) is 5.69 Å². The fraction of sp³-hybridized carbons (Fsp3) is 0.478. The summed E-state index contributed by atoms with van der Waals surface area (Å²) in [6.45, 7) is 7.08. The highest BCUT2D eigenvalue weighted by molar-refractivity contribution is 5.88. The number of hydrogen-bond donors (Lipinski definition) is 0. The Hall–Kier alpha value is -3.16. The van der Waals surface area contributed by atoms with Crippen LogP contribution in [0.25, 0.3) is 0 Å². The number of amides is 2. The third-order valence-electron chi connectivity index (χ3n) is 6.07. The van der Waals surface area contributed by atoms with Gasteiger partial charge < -0.3 is 14.4 Å². The summed E-state index contributed by atoms with van der Waals surface area (Å²) in [6.07, 6.45) is 3.76. The van der Waals surface area contributed by atoms with Crippen molar-refractivity contribution in [2.75, 3.05) is 13.1 Å². The zero-order valence-electron chi connectivity index (χ0n) is 18.2. The molecule has 1 aliphatic heterocycles. The first-order valence-electron chi connectivity index (χ1n) is 10.7. The van der Waals surface area contributed by atoms with E-state index in [2.05, 4.69) is 4.57 Å². The van der Waals surface area contributed by atoms with Gasteiger partial charge in [0, 0.05) is 48.6 Å². The summed E-state index contributed by atoms with van der Waals surface area (Å²) in [5.74, 6) is -0.0241. The Morgan fingerprint density at radius 3 is 2.39 bits per heavy atom. The van der Waals surface area contributed by atoms with Crippen LogP contribution in [0.5, 0.6) is 0 Å². The van der Waals surface area contributed by atoms with Gasteiger partial charge in [-0.05, 0) is 63.4 Å². The molecule has 0 radical (unpaired) electrons. The Labute approximate surface area is 181 Å². The highest BCUT2D eigenvalue weighted by atomic mass is 16.6. The number of carbonyl (C=O) groups excluding carboxylic acids is 2. The number of nitro groups is 1. The predicted molar refractivity (Wildman–Crippen MR) is 115 cm³/mol. The number of non-ortho nitro benzene ring substituents is 1. The van der Waals surface area contributed by atoms with Crippen LogP contribution in [0.4, 0.5) is 5.69 Å². The third-order valence-corrected chi connectivity index (χ3v) is 6.07. The normalized spacial score (nSPS) is 18.4. The second-order valence-electron chi connectivity index (χ2n) is 9.33. The van der Waals surface area contributed by atoms with Gasteiger partial charge in [0.1, 0.15) is 6.54 Å². The highest BCUT2D eigenvalue weighted by Gasteiger charge is 2.40. The van der Waals surface area contributed by atoms with Crippen LogP contribution in [0.15, 0.2) is 42.6 Å². The number of nitro benzene ring substituents is 1. The Bertz CT molecular complexity index is 1000. The molecule has 2 aromatic rings. The van der Waals surface area contributed by atoms with Crippen LogP contribution in [-0.2, 0) is 16.1 Å². The van der Waals surface area contributed by atoms with Crippen molar-refractivity contribution in [2.24, 2.45) is 5.92 Å². The van der Waals surface area contributed by atoms with Gasteiger partial charge in [0.05, 0.1) is 11.0 Å². The van der Waals surface area contributed by atoms with E-state index < -0.39 is 10.5 Å². The van der Waals surface area contributed by atoms with E-state index in [-0.39, 0.29) is 36.0 Å². The van der Waals surface area contributed by atoms with E-state index in [0.29, 0.717) is 13.1 Å². The van der Waals surface area contributed by atoms with E-state index in [9.17, 15) is 19.7 Å². The third kappa shape index (κ3) is 4.19. The number of fused-ring (bicyclic) bond motifs is 1. The fourth-order valence-electron chi connectivity index (χ4n) is 4.20. The van der Waals surface area contributed by atoms with Gasteiger partial charge in [-0.3, -0.25) is 19.7 Å². The second-order valence-corrected chi connectivity index (χ2v) is 9.33. The first-order valence-corrected chi connectivity index (χ1v) is 10.7. The highest BCUT2D eigenvalue weighted by Crippen LogP contribution is 2.35. The standard InChI is InChI=1S/C23H28N4O4/c1-23(2,3)26(22(29)17-6-7-17)15-20(28)25-14-13-24-12-4-5-19(24)21(25)16-8-10-18(11-9-16)27(30)31/h4-5,8-12,17,21H,6-7,13-15H2,1-3H3. The number of hydrogen-bond acceptors (Lipinski definition) is 4. The monoisotopic (exact) mass is 424 g/mol. The Balaban J connectivity index is 1.64. The smallest absolute Gasteiger partial charge is 0.269 e.